The smallest absolute Gasteiger partial charge is 0.255 e. The largest absolute Gasteiger partial charge is 0.350 e. The molecular weight excluding hydrogens is 251 g/mol. The molecule has 1 aliphatic heterocycles. The Morgan fingerprint density at radius 2 is 2.25 bits per heavy atom. The van der Waals surface area contributed by atoms with Crippen molar-refractivity contribution in [3.8, 4) is 0 Å². The van der Waals surface area contributed by atoms with E-state index >= 15 is 0 Å². The van der Waals surface area contributed by atoms with E-state index in [1.165, 1.54) is 23.1 Å². The Hall–Kier alpha value is -1.20. The van der Waals surface area contributed by atoms with Gasteiger partial charge in [0.15, 0.2) is 5.11 Å². The van der Waals surface area contributed by atoms with Gasteiger partial charge in [-0.25, -0.2) is 4.39 Å². The number of nitrogens with one attached hydrogen (secondary N) is 1. The summed E-state index contributed by atoms with van der Waals surface area (Å²) >= 11 is 10.7. The first-order valence-electron chi connectivity index (χ1n) is 4.60. The maximum absolute atomic E-state index is 13.0. The zero-order chi connectivity index (χ0) is 11.9. The topological polar surface area (TPSA) is 32.3 Å². The van der Waals surface area contributed by atoms with Crippen LogP contribution in [0.1, 0.15) is 6.92 Å². The summed E-state index contributed by atoms with van der Waals surface area (Å²) in [5, 5.41) is 3.09. The third-order valence-electron chi connectivity index (χ3n) is 2.30. The van der Waals surface area contributed by atoms with Gasteiger partial charge in [-0.3, -0.25) is 9.69 Å². The van der Waals surface area contributed by atoms with Crippen molar-refractivity contribution < 1.29 is 9.18 Å². The monoisotopic (exact) mass is 258 g/mol. The molecule has 0 saturated carbocycles. The number of hydrogen-bond acceptors (Lipinski definition) is 2. The molecule has 0 radical (unpaired) electrons. The highest BCUT2D eigenvalue weighted by molar-refractivity contribution is 7.80. The van der Waals surface area contributed by atoms with E-state index in [4.69, 9.17) is 23.8 Å². The highest BCUT2D eigenvalue weighted by Gasteiger charge is 2.33. The van der Waals surface area contributed by atoms with Crippen LogP contribution in [0.5, 0.6) is 0 Å². The molecule has 6 heteroatoms. The van der Waals surface area contributed by atoms with Gasteiger partial charge < -0.3 is 5.32 Å². The van der Waals surface area contributed by atoms with Crippen LogP contribution in [0.3, 0.4) is 0 Å². The van der Waals surface area contributed by atoms with Crippen molar-refractivity contribution in [2.24, 2.45) is 0 Å². The van der Waals surface area contributed by atoms with Crippen molar-refractivity contribution in [2.45, 2.75) is 13.0 Å². The second-order valence-corrected chi connectivity index (χ2v) is 4.24. The molecule has 3 nitrogen and oxygen atoms in total. The van der Waals surface area contributed by atoms with E-state index in [1.54, 1.807) is 6.92 Å². The minimum atomic E-state index is -0.524. The molecule has 1 saturated heterocycles. The van der Waals surface area contributed by atoms with Crippen LogP contribution in [0, 0.1) is 5.82 Å². The van der Waals surface area contributed by atoms with Crippen molar-refractivity contribution in [1.29, 1.82) is 0 Å². The lowest BCUT2D eigenvalue weighted by atomic mass is 10.2. The van der Waals surface area contributed by atoms with Crippen molar-refractivity contribution in [3.63, 3.8) is 0 Å². The fourth-order valence-electron chi connectivity index (χ4n) is 1.47. The van der Waals surface area contributed by atoms with Crippen molar-refractivity contribution in [3.05, 3.63) is 29.0 Å². The Kier molecular flexibility index (Phi) is 2.82. The summed E-state index contributed by atoms with van der Waals surface area (Å²) < 4.78 is 13.0. The first-order chi connectivity index (χ1) is 7.50. The average molecular weight is 259 g/mol. The molecule has 1 aliphatic rings. The van der Waals surface area contributed by atoms with Gasteiger partial charge in [-0.2, -0.15) is 0 Å². The second-order valence-electron chi connectivity index (χ2n) is 3.44. The highest BCUT2D eigenvalue weighted by atomic mass is 35.5. The Labute approximate surface area is 102 Å². The molecule has 1 aromatic carbocycles. The van der Waals surface area contributed by atoms with Gasteiger partial charge in [0.05, 0.1) is 10.7 Å². The number of carbonyl (C=O) groups excluding carboxylic acids is 1. The quantitative estimate of drug-likeness (QED) is 0.783. The molecule has 84 valence electrons. The highest BCUT2D eigenvalue weighted by Crippen LogP contribution is 2.25. The molecule has 0 aliphatic carbocycles. The Morgan fingerprint density at radius 3 is 2.75 bits per heavy atom. The van der Waals surface area contributed by atoms with Crippen LogP contribution in [0.2, 0.25) is 5.02 Å². The van der Waals surface area contributed by atoms with E-state index in [-0.39, 0.29) is 17.0 Å². The number of carbonyl (C=O) groups is 1. The van der Waals surface area contributed by atoms with Crippen molar-refractivity contribution >= 4 is 40.5 Å². The van der Waals surface area contributed by atoms with E-state index in [0.717, 1.165) is 0 Å². The molecule has 1 aromatic rings. The summed E-state index contributed by atoms with van der Waals surface area (Å²) in [5.41, 5.74) is 0.471. The van der Waals surface area contributed by atoms with E-state index in [1.807, 2.05) is 0 Å². The SMILES string of the molecule is CC1NC(=S)N(c2ccc(F)c(Cl)c2)C1=O. The fraction of sp³-hybridized carbons (Fsp3) is 0.200. The van der Waals surface area contributed by atoms with Crippen LogP contribution in [0.25, 0.3) is 0 Å². The maximum Gasteiger partial charge on any atom is 0.255 e. The van der Waals surface area contributed by atoms with Crippen LogP contribution in [0.15, 0.2) is 18.2 Å². The maximum atomic E-state index is 13.0. The lowest BCUT2D eigenvalue weighted by Gasteiger charge is -2.14. The van der Waals surface area contributed by atoms with Crippen LogP contribution in [0.4, 0.5) is 10.1 Å². The van der Waals surface area contributed by atoms with E-state index in [2.05, 4.69) is 5.32 Å². The molecule has 1 N–H and O–H groups in total. The predicted molar refractivity (Wildman–Crippen MR) is 64.1 cm³/mol. The normalized spacial score (nSPS) is 20.2. The van der Waals surface area contributed by atoms with Crippen LogP contribution >= 0.6 is 23.8 Å². The van der Waals surface area contributed by atoms with E-state index in [0.29, 0.717) is 10.8 Å². The number of amides is 1. The van der Waals surface area contributed by atoms with Gasteiger partial charge in [0.25, 0.3) is 5.91 Å². The third kappa shape index (κ3) is 1.76. The summed E-state index contributed by atoms with van der Waals surface area (Å²) in [7, 11) is 0. The van der Waals surface area contributed by atoms with Crippen LogP contribution in [-0.2, 0) is 4.79 Å². The predicted octanol–water partition coefficient (Wildman–Crippen LogP) is 2.09. The summed E-state index contributed by atoms with van der Waals surface area (Å²) in [5.74, 6) is -0.698. The number of rotatable bonds is 1. The minimum absolute atomic E-state index is 0.0346. The number of hydrogen-bond donors (Lipinski definition) is 1. The van der Waals surface area contributed by atoms with Crippen LogP contribution in [-0.4, -0.2) is 17.1 Å². The van der Waals surface area contributed by atoms with Gasteiger partial charge in [0.2, 0.25) is 0 Å². The zero-order valence-electron chi connectivity index (χ0n) is 8.33. The first kappa shape index (κ1) is 11.3. The van der Waals surface area contributed by atoms with Gasteiger partial charge in [-0.15, -0.1) is 0 Å². The lowest BCUT2D eigenvalue weighted by molar-refractivity contribution is -0.117. The standard InChI is InChI=1S/C10H8ClFN2OS/c1-5-9(15)14(10(16)13-5)6-2-3-8(12)7(11)4-6/h2-5H,1H3,(H,13,16). The Morgan fingerprint density at radius 1 is 1.56 bits per heavy atom. The first-order valence-corrected chi connectivity index (χ1v) is 5.39. The molecule has 0 spiro atoms. The van der Waals surface area contributed by atoms with Gasteiger partial charge >= 0.3 is 0 Å². The average Bonchev–Trinajstić information content (AvgIpc) is 2.47. The summed E-state index contributed by atoms with van der Waals surface area (Å²) in [6.45, 7) is 1.71. The summed E-state index contributed by atoms with van der Waals surface area (Å²) in [6, 6.07) is 3.68. The number of thiocarbonyl (C=S) groups is 1. The molecule has 16 heavy (non-hydrogen) atoms. The Bertz CT molecular complexity index is 480. The molecule has 1 heterocycles. The second kappa shape index (κ2) is 3.99. The third-order valence-corrected chi connectivity index (χ3v) is 2.89. The molecule has 1 fully saturated rings. The minimum Gasteiger partial charge on any atom is -0.350 e. The van der Waals surface area contributed by atoms with Gasteiger partial charge in [0.1, 0.15) is 11.9 Å². The van der Waals surface area contributed by atoms with Crippen LogP contribution < -0.4 is 10.2 Å². The number of benzene rings is 1. The number of halogens is 2. The van der Waals surface area contributed by atoms with Gasteiger partial charge in [-0.1, -0.05) is 11.6 Å². The van der Waals surface area contributed by atoms with Crippen molar-refractivity contribution in [1.82, 2.24) is 5.32 Å². The van der Waals surface area contributed by atoms with Crippen molar-refractivity contribution in [2.75, 3.05) is 4.90 Å². The molecule has 0 aromatic heterocycles. The van der Waals surface area contributed by atoms with E-state index in [9.17, 15) is 9.18 Å². The summed E-state index contributed by atoms with van der Waals surface area (Å²) in [6.07, 6.45) is 0. The zero-order valence-corrected chi connectivity index (χ0v) is 9.90. The summed E-state index contributed by atoms with van der Waals surface area (Å²) in [4.78, 5) is 13.1. The molecule has 1 amide bonds. The number of nitrogens with zero attached hydrogens (tertiary/aromatic N) is 1. The molecule has 1 unspecified atom stereocenters. The fourth-order valence-corrected chi connectivity index (χ4v) is 2.02. The molecule has 2 rings (SSSR count). The van der Waals surface area contributed by atoms with Gasteiger partial charge in [0, 0.05) is 0 Å². The molecule has 0 bridgehead atoms. The van der Waals surface area contributed by atoms with Gasteiger partial charge in [-0.05, 0) is 37.3 Å². The lowest BCUT2D eigenvalue weighted by Crippen LogP contribution is -2.30. The molecule has 1 atom stereocenters. The number of anilines is 1. The Balaban J connectivity index is 2.41. The van der Waals surface area contributed by atoms with E-state index < -0.39 is 5.82 Å². The molecular formula is C10H8ClFN2OS.